The minimum Gasteiger partial charge on any atom is -0.356 e. The van der Waals surface area contributed by atoms with Crippen LogP contribution in [0, 0.1) is 0 Å². The van der Waals surface area contributed by atoms with Crippen LogP contribution in [0.3, 0.4) is 0 Å². The molecule has 0 radical (unpaired) electrons. The van der Waals surface area contributed by atoms with Gasteiger partial charge in [0.15, 0.2) is 5.65 Å². The van der Waals surface area contributed by atoms with Crippen LogP contribution in [0.1, 0.15) is 57.8 Å². The fourth-order valence-electron chi connectivity index (χ4n) is 4.19. The lowest BCUT2D eigenvalue weighted by atomic mass is 10.1. The van der Waals surface area contributed by atoms with Gasteiger partial charge in [-0.25, -0.2) is 14.6 Å². The van der Waals surface area contributed by atoms with E-state index in [0.29, 0.717) is 6.04 Å². The Labute approximate surface area is 154 Å². The Bertz CT molecular complexity index is 744. The van der Waals surface area contributed by atoms with Gasteiger partial charge >= 0.3 is 0 Å². The largest absolute Gasteiger partial charge is 0.356 e. The van der Waals surface area contributed by atoms with E-state index in [1.54, 1.807) is 17.2 Å². The third kappa shape index (κ3) is 3.81. The molecule has 2 aromatic rings. The van der Waals surface area contributed by atoms with Gasteiger partial charge < -0.3 is 10.2 Å². The maximum Gasteiger partial charge on any atom is 0.242 e. The van der Waals surface area contributed by atoms with E-state index in [9.17, 15) is 4.79 Å². The summed E-state index contributed by atoms with van der Waals surface area (Å²) in [5.41, 5.74) is 0.747. The monoisotopic (exact) mass is 356 g/mol. The number of anilines is 1. The molecule has 1 saturated carbocycles. The summed E-state index contributed by atoms with van der Waals surface area (Å²) in [5, 5.41) is 8.56. The molecule has 2 fully saturated rings. The zero-order valence-corrected chi connectivity index (χ0v) is 15.4. The fourth-order valence-corrected chi connectivity index (χ4v) is 4.19. The summed E-state index contributed by atoms with van der Waals surface area (Å²) in [6.07, 6.45) is 14.2. The molecule has 2 aliphatic rings. The molecule has 0 unspecified atom stereocenters. The van der Waals surface area contributed by atoms with Gasteiger partial charge in [0, 0.05) is 19.1 Å². The summed E-state index contributed by atoms with van der Waals surface area (Å²) in [7, 11) is 0. The molecule has 1 amide bonds. The van der Waals surface area contributed by atoms with Crippen molar-refractivity contribution < 1.29 is 4.79 Å². The summed E-state index contributed by atoms with van der Waals surface area (Å²) < 4.78 is 1.70. The van der Waals surface area contributed by atoms with Crippen molar-refractivity contribution in [3.8, 4) is 0 Å². The van der Waals surface area contributed by atoms with Crippen LogP contribution in [0.5, 0.6) is 0 Å². The Morgan fingerprint density at radius 3 is 2.54 bits per heavy atom. The number of nitrogens with zero attached hydrogens (tertiary/aromatic N) is 5. The van der Waals surface area contributed by atoms with Gasteiger partial charge in [0.05, 0.1) is 11.6 Å². The Balaban J connectivity index is 1.47. The normalized spacial score (nSPS) is 19.5. The molecule has 1 aliphatic carbocycles. The quantitative estimate of drug-likeness (QED) is 0.853. The van der Waals surface area contributed by atoms with Crippen LogP contribution in [0.2, 0.25) is 0 Å². The fraction of sp³-hybridized carbons (Fsp3) is 0.684. The third-order valence-electron chi connectivity index (χ3n) is 5.58. The lowest BCUT2D eigenvalue weighted by molar-refractivity contribution is -0.122. The maximum atomic E-state index is 12.5. The summed E-state index contributed by atoms with van der Waals surface area (Å²) in [4.78, 5) is 23.7. The average Bonchev–Trinajstić information content (AvgIpc) is 2.90. The molecule has 4 rings (SSSR count). The van der Waals surface area contributed by atoms with Crippen LogP contribution in [-0.4, -0.2) is 44.8 Å². The minimum atomic E-state index is 0.0278. The molecule has 7 heteroatoms. The van der Waals surface area contributed by atoms with Crippen LogP contribution in [0.4, 0.5) is 5.82 Å². The van der Waals surface area contributed by atoms with E-state index in [4.69, 9.17) is 0 Å². The second kappa shape index (κ2) is 8.01. The molecule has 1 saturated heterocycles. The second-order valence-corrected chi connectivity index (χ2v) is 7.54. The number of fused-ring (bicyclic) bond motifs is 1. The van der Waals surface area contributed by atoms with Crippen molar-refractivity contribution in [1.29, 1.82) is 0 Å². The highest BCUT2D eigenvalue weighted by molar-refractivity contribution is 5.87. The molecule has 140 valence electrons. The van der Waals surface area contributed by atoms with Crippen LogP contribution in [-0.2, 0) is 11.3 Å². The molecule has 1 N–H and O–H groups in total. The van der Waals surface area contributed by atoms with E-state index in [0.717, 1.165) is 42.8 Å². The Morgan fingerprint density at radius 2 is 1.77 bits per heavy atom. The number of amides is 1. The molecule has 7 nitrogen and oxygen atoms in total. The van der Waals surface area contributed by atoms with Crippen molar-refractivity contribution in [2.24, 2.45) is 0 Å². The molecular weight excluding hydrogens is 328 g/mol. The Hall–Kier alpha value is -2.18. The van der Waals surface area contributed by atoms with Gasteiger partial charge in [0.25, 0.3) is 0 Å². The molecule has 1 aliphatic heterocycles. The zero-order chi connectivity index (χ0) is 17.8. The number of rotatable bonds is 4. The smallest absolute Gasteiger partial charge is 0.242 e. The Kier molecular flexibility index (Phi) is 5.32. The summed E-state index contributed by atoms with van der Waals surface area (Å²) in [6, 6.07) is 0.311. The molecule has 0 aromatic carbocycles. The van der Waals surface area contributed by atoms with Gasteiger partial charge in [-0.15, -0.1) is 0 Å². The average molecular weight is 356 g/mol. The van der Waals surface area contributed by atoms with Crippen molar-refractivity contribution in [1.82, 2.24) is 25.1 Å². The van der Waals surface area contributed by atoms with E-state index in [2.05, 4.69) is 25.3 Å². The number of piperidine rings is 1. The number of aromatic nitrogens is 4. The van der Waals surface area contributed by atoms with Crippen molar-refractivity contribution in [3.63, 3.8) is 0 Å². The van der Waals surface area contributed by atoms with Crippen molar-refractivity contribution in [3.05, 3.63) is 12.5 Å². The van der Waals surface area contributed by atoms with Gasteiger partial charge in [0.2, 0.25) is 5.91 Å². The lowest BCUT2D eigenvalue weighted by Gasteiger charge is -2.27. The highest BCUT2D eigenvalue weighted by Gasteiger charge is 2.19. The highest BCUT2D eigenvalue weighted by atomic mass is 16.2. The highest BCUT2D eigenvalue weighted by Crippen LogP contribution is 2.25. The van der Waals surface area contributed by atoms with E-state index in [1.165, 1.54) is 44.9 Å². The first-order chi connectivity index (χ1) is 12.8. The predicted octanol–water partition coefficient (Wildman–Crippen LogP) is 2.66. The molecular formula is C19H28N6O. The maximum absolute atomic E-state index is 12.5. The topological polar surface area (TPSA) is 75.9 Å². The SMILES string of the molecule is O=C(Cn1ncc2c(N3CCCCC3)ncnc21)NC1CCCCCC1. The van der Waals surface area contributed by atoms with Crippen molar-refractivity contribution in [2.75, 3.05) is 18.0 Å². The Morgan fingerprint density at radius 1 is 1.04 bits per heavy atom. The van der Waals surface area contributed by atoms with Gasteiger partial charge in [-0.1, -0.05) is 25.7 Å². The summed E-state index contributed by atoms with van der Waals surface area (Å²) in [5.74, 6) is 0.977. The minimum absolute atomic E-state index is 0.0278. The second-order valence-electron chi connectivity index (χ2n) is 7.54. The van der Waals surface area contributed by atoms with Crippen LogP contribution < -0.4 is 10.2 Å². The first-order valence-electron chi connectivity index (χ1n) is 10.0. The molecule has 0 atom stereocenters. The van der Waals surface area contributed by atoms with E-state index >= 15 is 0 Å². The van der Waals surface area contributed by atoms with Gasteiger partial charge in [0.1, 0.15) is 18.7 Å². The van der Waals surface area contributed by atoms with Gasteiger partial charge in [-0.2, -0.15) is 5.10 Å². The predicted molar refractivity (Wildman–Crippen MR) is 101 cm³/mol. The first-order valence-corrected chi connectivity index (χ1v) is 10.0. The summed E-state index contributed by atoms with van der Waals surface area (Å²) >= 11 is 0. The summed E-state index contributed by atoms with van der Waals surface area (Å²) in [6.45, 7) is 2.27. The van der Waals surface area contributed by atoms with Crippen LogP contribution >= 0.6 is 0 Å². The number of carbonyl (C=O) groups excluding carboxylic acids is 1. The first kappa shape index (κ1) is 17.2. The zero-order valence-electron chi connectivity index (χ0n) is 15.4. The van der Waals surface area contributed by atoms with E-state index in [-0.39, 0.29) is 12.5 Å². The molecule has 0 bridgehead atoms. The molecule has 26 heavy (non-hydrogen) atoms. The van der Waals surface area contributed by atoms with Crippen LogP contribution in [0.25, 0.3) is 11.0 Å². The third-order valence-corrected chi connectivity index (χ3v) is 5.58. The van der Waals surface area contributed by atoms with E-state index in [1.807, 2.05) is 0 Å². The standard InChI is InChI=1S/C19H28N6O/c26-17(23-15-8-4-1-2-5-9-15)13-25-19-16(12-22-25)18(20-14-21-19)24-10-6-3-7-11-24/h12,14-15H,1-11,13H2,(H,23,26). The van der Waals surface area contributed by atoms with Crippen molar-refractivity contribution >= 4 is 22.8 Å². The molecule has 3 heterocycles. The number of hydrogen-bond donors (Lipinski definition) is 1. The number of nitrogens with one attached hydrogen (secondary N) is 1. The number of carbonyl (C=O) groups is 1. The lowest BCUT2D eigenvalue weighted by Crippen LogP contribution is -2.36. The van der Waals surface area contributed by atoms with Gasteiger partial charge in [-0.05, 0) is 32.1 Å². The van der Waals surface area contributed by atoms with E-state index < -0.39 is 0 Å². The van der Waals surface area contributed by atoms with Crippen LogP contribution in [0.15, 0.2) is 12.5 Å². The molecule has 2 aromatic heterocycles. The van der Waals surface area contributed by atoms with Gasteiger partial charge in [-0.3, -0.25) is 4.79 Å². The van der Waals surface area contributed by atoms with Crippen molar-refractivity contribution in [2.45, 2.75) is 70.4 Å². The number of hydrogen-bond acceptors (Lipinski definition) is 5. The molecule has 0 spiro atoms.